The fraction of sp³-hybridized carbons (Fsp3) is 0. The maximum Gasteiger partial charge on any atom is 0.264 e. The highest BCUT2D eigenvalue weighted by Gasteiger charge is 1.87. The Kier molecular flexibility index (Phi) is 1.62. The minimum atomic E-state index is -0.0828. The van der Waals surface area contributed by atoms with Gasteiger partial charge in [-0.25, -0.2) is 4.98 Å². The van der Waals surface area contributed by atoms with Crippen molar-refractivity contribution in [1.29, 1.82) is 0 Å². The molecule has 0 unspecified atom stereocenters. The van der Waals surface area contributed by atoms with Crippen LogP contribution in [-0.2, 0) is 0 Å². The maximum atomic E-state index is 10.5. The van der Waals surface area contributed by atoms with E-state index >= 15 is 0 Å². The molecule has 0 aliphatic carbocycles. The molecule has 0 amide bonds. The van der Waals surface area contributed by atoms with Gasteiger partial charge in [0.25, 0.3) is 5.56 Å². The maximum absolute atomic E-state index is 10.5. The lowest BCUT2D eigenvalue weighted by molar-refractivity contribution is 1.10. The zero-order valence-corrected chi connectivity index (χ0v) is 6.05. The second-order valence-electron chi connectivity index (χ2n) is 1.23. The van der Waals surface area contributed by atoms with Gasteiger partial charge in [0.1, 0.15) is 0 Å². The van der Waals surface area contributed by atoms with Gasteiger partial charge in [0, 0.05) is 6.20 Å². The molecule has 8 heavy (non-hydrogen) atoms. The van der Waals surface area contributed by atoms with E-state index < -0.39 is 0 Å². The van der Waals surface area contributed by atoms with Crippen molar-refractivity contribution in [3.8, 4) is 0 Å². The van der Waals surface area contributed by atoms with Crippen LogP contribution in [0.25, 0.3) is 0 Å². The molecule has 3 nitrogen and oxygen atoms in total. The summed E-state index contributed by atoms with van der Waals surface area (Å²) in [7, 11) is 0. The van der Waals surface area contributed by atoms with Crippen LogP contribution >= 0.6 is 22.6 Å². The second-order valence-corrected chi connectivity index (χ2v) is 2.39. The molecule has 42 valence electrons. The van der Waals surface area contributed by atoms with Gasteiger partial charge in [-0.15, -0.1) is 0 Å². The van der Waals surface area contributed by atoms with Crippen LogP contribution in [0.4, 0.5) is 0 Å². The third-order valence-electron chi connectivity index (χ3n) is 0.675. The summed E-state index contributed by atoms with van der Waals surface area (Å²) in [6, 6.07) is 0. The highest BCUT2D eigenvalue weighted by atomic mass is 127. The first kappa shape index (κ1) is 5.74. The van der Waals surface area contributed by atoms with Gasteiger partial charge in [-0.05, 0) is 22.6 Å². The number of nitrogens with zero attached hydrogens (tertiary/aromatic N) is 1. The molecule has 1 heterocycles. The summed E-state index contributed by atoms with van der Waals surface area (Å²) in [6.45, 7) is 0. The van der Waals surface area contributed by atoms with E-state index in [1.807, 2.05) is 22.6 Å². The fourth-order valence-corrected chi connectivity index (χ4v) is 0.643. The molecule has 0 aliphatic rings. The Morgan fingerprint density at radius 3 is 2.88 bits per heavy atom. The molecule has 4 heteroatoms. The fourth-order valence-electron chi connectivity index (χ4n) is 0.326. The number of nitrogens with one attached hydrogen (secondary N) is 1. The highest BCUT2D eigenvalue weighted by molar-refractivity contribution is 14.1. The summed E-state index contributed by atoms with van der Waals surface area (Å²) >= 11 is 1.92. The number of H-pyrrole nitrogens is 1. The molecule has 0 radical (unpaired) electrons. The lowest BCUT2D eigenvalue weighted by atomic mass is 10.7. The van der Waals surface area contributed by atoms with Gasteiger partial charge in [-0.1, -0.05) is 0 Å². The molecule has 0 spiro atoms. The molecule has 0 saturated heterocycles. The van der Waals surface area contributed by atoms with Gasteiger partial charge >= 0.3 is 0 Å². The summed E-state index contributed by atoms with van der Waals surface area (Å²) in [4.78, 5) is 16.6. The average Bonchev–Trinajstić information content (AvgIpc) is 1.77. The van der Waals surface area contributed by atoms with Crippen molar-refractivity contribution >= 4 is 22.6 Å². The Morgan fingerprint density at radius 2 is 2.50 bits per heavy atom. The van der Waals surface area contributed by atoms with Crippen LogP contribution in [0.1, 0.15) is 0 Å². The van der Waals surface area contributed by atoms with E-state index in [0.29, 0.717) is 3.57 Å². The topological polar surface area (TPSA) is 45.8 Å². The van der Waals surface area contributed by atoms with Crippen LogP contribution in [-0.4, -0.2) is 9.97 Å². The molecule has 1 N–H and O–H groups in total. The highest BCUT2D eigenvalue weighted by Crippen LogP contribution is 1.88. The van der Waals surface area contributed by atoms with Crippen LogP contribution in [0.15, 0.2) is 17.3 Å². The molecule has 0 saturated carbocycles. The molecule has 1 rings (SSSR count). The van der Waals surface area contributed by atoms with Gasteiger partial charge in [-0.2, -0.15) is 0 Å². The SMILES string of the molecule is O=c1[nH]cncc1I. The van der Waals surface area contributed by atoms with Gasteiger partial charge in [0.05, 0.1) is 9.90 Å². The molecule has 0 atom stereocenters. The number of rotatable bonds is 0. The van der Waals surface area contributed by atoms with Crippen molar-refractivity contribution in [2.45, 2.75) is 0 Å². The summed E-state index contributed by atoms with van der Waals surface area (Å²) in [5, 5.41) is 0. The normalized spacial score (nSPS) is 9.12. The number of aromatic nitrogens is 2. The summed E-state index contributed by atoms with van der Waals surface area (Å²) < 4.78 is 0.616. The van der Waals surface area contributed by atoms with Crippen molar-refractivity contribution in [3.63, 3.8) is 0 Å². The van der Waals surface area contributed by atoms with E-state index in [2.05, 4.69) is 9.97 Å². The van der Waals surface area contributed by atoms with Crippen LogP contribution in [0.3, 0.4) is 0 Å². The average molecular weight is 222 g/mol. The van der Waals surface area contributed by atoms with E-state index in [-0.39, 0.29) is 5.56 Å². The quantitative estimate of drug-likeness (QED) is 0.644. The lowest BCUT2D eigenvalue weighted by Gasteiger charge is -1.81. The first-order valence-corrected chi connectivity index (χ1v) is 3.07. The standard InChI is InChI=1S/C4H3IN2O/c5-3-1-6-2-7-4(3)8/h1-2H,(H,6,7,8). The Bertz CT molecular complexity index is 231. The molecular weight excluding hydrogens is 219 g/mol. The first-order chi connectivity index (χ1) is 3.80. The van der Waals surface area contributed by atoms with E-state index in [4.69, 9.17) is 0 Å². The molecule has 0 aromatic carbocycles. The molecular formula is C4H3IN2O. The summed E-state index contributed by atoms with van der Waals surface area (Å²) in [6.07, 6.45) is 2.88. The van der Waals surface area contributed by atoms with Gasteiger partial charge in [0.15, 0.2) is 0 Å². The van der Waals surface area contributed by atoms with Crippen molar-refractivity contribution in [2.24, 2.45) is 0 Å². The smallest absolute Gasteiger partial charge is 0.264 e. The predicted octanol–water partition coefficient (Wildman–Crippen LogP) is 0.375. The zero-order valence-electron chi connectivity index (χ0n) is 3.89. The van der Waals surface area contributed by atoms with Crippen molar-refractivity contribution in [3.05, 3.63) is 26.4 Å². The van der Waals surface area contributed by atoms with Crippen LogP contribution < -0.4 is 5.56 Å². The third-order valence-corrected chi connectivity index (χ3v) is 1.44. The molecule has 0 bridgehead atoms. The Balaban J connectivity index is 3.35. The second kappa shape index (κ2) is 2.25. The van der Waals surface area contributed by atoms with Crippen LogP contribution in [0.2, 0.25) is 0 Å². The molecule has 1 aromatic heterocycles. The van der Waals surface area contributed by atoms with Crippen molar-refractivity contribution < 1.29 is 0 Å². The van der Waals surface area contributed by atoms with Crippen LogP contribution in [0, 0.1) is 3.57 Å². The molecule has 1 aromatic rings. The monoisotopic (exact) mass is 222 g/mol. The summed E-state index contributed by atoms with van der Waals surface area (Å²) in [5.74, 6) is 0. The first-order valence-electron chi connectivity index (χ1n) is 1.99. The van der Waals surface area contributed by atoms with Crippen molar-refractivity contribution in [2.75, 3.05) is 0 Å². The van der Waals surface area contributed by atoms with Gasteiger partial charge in [0.2, 0.25) is 0 Å². The van der Waals surface area contributed by atoms with Crippen LogP contribution in [0.5, 0.6) is 0 Å². The number of halogens is 1. The van der Waals surface area contributed by atoms with E-state index in [9.17, 15) is 4.79 Å². The lowest BCUT2D eigenvalue weighted by Crippen LogP contribution is -2.07. The minimum absolute atomic E-state index is 0.0828. The summed E-state index contributed by atoms with van der Waals surface area (Å²) in [5.41, 5.74) is -0.0828. The zero-order chi connectivity index (χ0) is 5.98. The third kappa shape index (κ3) is 1.06. The Labute approximate surface area is 59.3 Å². The minimum Gasteiger partial charge on any atom is -0.312 e. The molecule has 0 fully saturated rings. The number of aromatic amines is 1. The van der Waals surface area contributed by atoms with Gasteiger partial charge < -0.3 is 4.98 Å². The van der Waals surface area contributed by atoms with E-state index in [0.717, 1.165) is 0 Å². The predicted molar refractivity (Wildman–Crippen MR) is 37.6 cm³/mol. The Morgan fingerprint density at radius 1 is 1.75 bits per heavy atom. The Hall–Kier alpha value is -0.390. The largest absolute Gasteiger partial charge is 0.312 e. The number of hydrogen-bond donors (Lipinski definition) is 1. The molecule has 0 aliphatic heterocycles. The van der Waals surface area contributed by atoms with E-state index in [1.165, 1.54) is 12.5 Å². The number of hydrogen-bond acceptors (Lipinski definition) is 2. The van der Waals surface area contributed by atoms with Gasteiger partial charge in [-0.3, -0.25) is 4.79 Å². The van der Waals surface area contributed by atoms with Crippen molar-refractivity contribution in [1.82, 2.24) is 9.97 Å². The van der Waals surface area contributed by atoms with E-state index in [1.54, 1.807) is 0 Å².